The number of ether oxygens (including phenoxy) is 1. The van der Waals surface area contributed by atoms with Crippen LogP contribution in [-0.2, 0) is 9.53 Å². The van der Waals surface area contributed by atoms with Crippen LogP contribution < -0.4 is 5.73 Å². The van der Waals surface area contributed by atoms with E-state index < -0.39 is 6.04 Å². The number of carbonyl (C=O) groups is 1. The Morgan fingerprint density at radius 1 is 1.54 bits per heavy atom. The molecule has 78 valence electrons. The Bertz CT molecular complexity index is 178. The van der Waals surface area contributed by atoms with Crippen molar-refractivity contribution in [3.63, 3.8) is 0 Å². The van der Waals surface area contributed by atoms with Gasteiger partial charge in [0.05, 0.1) is 6.61 Å². The number of esters is 1. The van der Waals surface area contributed by atoms with Crippen molar-refractivity contribution in [2.24, 2.45) is 5.73 Å². The lowest BCUT2D eigenvalue weighted by molar-refractivity contribution is -0.147. The van der Waals surface area contributed by atoms with Gasteiger partial charge in [0.1, 0.15) is 6.04 Å². The molecule has 0 bridgehead atoms. The SMILES string of the molecule is CCOC(=O)C(N)C(C)(C)N(C)C. The van der Waals surface area contributed by atoms with E-state index in [4.69, 9.17) is 10.5 Å². The molecule has 0 saturated heterocycles. The lowest BCUT2D eigenvalue weighted by atomic mass is 9.94. The predicted molar refractivity (Wildman–Crippen MR) is 52.4 cm³/mol. The van der Waals surface area contributed by atoms with Gasteiger partial charge in [0.25, 0.3) is 0 Å². The second-order valence-electron chi connectivity index (χ2n) is 3.78. The van der Waals surface area contributed by atoms with Crippen LogP contribution >= 0.6 is 0 Å². The second kappa shape index (κ2) is 4.58. The van der Waals surface area contributed by atoms with Crippen molar-refractivity contribution < 1.29 is 9.53 Å². The van der Waals surface area contributed by atoms with E-state index in [-0.39, 0.29) is 11.5 Å². The summed E-state index contributed by atoms with van der Waals surface area (Å²) in [6.45, 7) is 5.96. The fourth-order valence-electron chi connectivity index (χ4n) is 0.799. The third kappa shape index (κ3) is 2.97. The van der Waals surface area contributed by atoms with Gasteiger partial charge in [0.2, 0.25) is 0 Å². The van der Waals surface area contributed by atoms with Crippen molar-refractivity contribution in [1.82, 2.24) is 4.90 Å². The molecule has 4 heteroatoms. The molecule has 0 aliphatic carbocycles. The first-order valence-corrected chi connectivity index (χ1v) is 4.43. The van der Waals surface area contributed by atoms with Crippen LogP contribution in [0.2, 0.25) is 0 Å². The maximum absolute atomic E-state index is 11.3. The summed E-state index contributed by atoms with van der Waals surface area (Å²) < 4.78 is 4.85. The third-order valence-corrected chi connectivity index (χ3v) is 2.45. The summed E-state index contributed by atoms with van der Waals surface area (Å²) in [5.41, 5.74) is 5.38. The van der Waals surface area contributed by atoms with Crippen LogP contribution in [-0.4, -0.2) is 43.2 Å². The molecule has 0 fully saturated rings. The lowest BCUT2D eigenvalue weighted by Crippen LogP contribution is -2.57. The van der Waals surface area contributed by atoms with Gasteiger partial charge in [0.15, 0.2) is 0 Å². The Balaban J connectivity index is 4.39. The number of nitrogens with two attached hydrogens (primary N) is 1. The van der Waals surface area contributed by atoms with E-state index in [2.05, 4.69) is 0 Å². The van der Waals surface area contributed by atoms with Crippen LogP contribution in [0.25, 0.3) is 0 Å². The molecule has 0 aromatic carbocycles. The summed E-state index contributed by atoms with van der Waals surface area (Å²) in [7, 11) is 3.78. The average molecular weight is 188 g/mol. The summed E-state index contributed by atoms with van der Waals surface area (Å²) in [5.74, 6) is -0.346. The number of nitrogens with zero attached hydrogens (tertiary/aromatic N) is 1. The Hall–Kier alpha value is -0.610. The topological polar surface area (TPSA) is 55.6 Å². The molecule has 1 unspecified atom stereocenters. The van der Waals surface area contributed by atoms with Crippen LogP contribution in [0.3, 0.4) is 0 Å². The maximum atomic E-state index is 11.3. The Morgan fingerprint density at radius 2 is 2.00 bits per heavy atom. The van der Waals surface area contributed by atoms with Gasteiger partial charge in [-0.1, -0.05) is 0 Å². The summed E-state index contributed by atoms with van der Waals surface area (Å²) in [4.78, 5) is 13.2. The number of rotatable bonds is 4. The average Bonchev–Trinajstić information content (AvgIpc) is 2.03. The number of carbonyl (C=O) groups excluding carboxylic acids is 1. The highest BCUT2D eigenvalue weighted by Gasteiger charge is 2.34. The van der Waals surface area contributed by atoms with Crippen LogP contribution in [0.5, 0.6) is 0 Å². The smallest absolute Gasteiger partial charge is 0.324 e. The monoisotopic (exact) mass is 188 g/mol. The van der Waals surface area contributed by atoms with E-state index in [0.29, 0.717) is 6.61 Å². The van der Waals surface area contributed by atoms with Gasteiger partial charge in [-0.05, 0) is 34.9 Å². The molecule has 0 aliphatic rings. The van der Waals surface area contributed by atoms with Gasteiger partial charge in [-0.3, -0.25) is 4.79 Å². The standard InChI is InChI=1S/C9H20N2O2/c1-6-13-8(12)7(10)9(2,3)11(4)5/h7H,6,10H2,1-5H3. The molecule has 0 spiro atoms. The van der Waals surface area contributed by atoms with Gasteiger partial charge < -0.3 is 15.4 Å². The first kappa shape index (κ1) is 12.4. The molecule has 0 aromatic heterocycles. The maximum Gasteiger partial charge on any atom is 0.324 e. The Labute approximate surface area is 80.0 Å². The van der Waals surface area contributed by atoms with Crippen molar-refractivity contribution in [1.29, 1.82) is 0 Å². The predicted octanol–water partition coefficient (Wildman–Crippen LogP) is 0.217. The number of likely N-dealkylation sites (N-methyl/N-ethyl adjacent to an activating group) is 1. The molecule has 0 saturated carbocycles. The summed E-state index contributed by atoms with van der Waals surface area (Å²) >= 11 is 0. The van der Waals surface area contributed by atoms with Crippen LogP contribution in [0, 0.1) is 0 Å². The number of hydrogen-bond acceptors (Lipinski definition) is 4. The largest absolute Gasteiger partial charge is 0.465 e. The molecule has 0 rings (SSSR count). The van der Waals surface area contributed by atoms with E-state index >= 15 is 0 Å². The molecule has 2 N–H and O–H groups in total. The van der Waals surface area contributed by atoms with Crippen molar-refractivity contribution in [3.8, 4) is 0 Å². The molecule has 0 aliphatic heterocycles. The fourth-order valence-corrected chi connectivity index (χ4v) is 0.799. The molecule has 1 atom stereocenters. The molecular weight excluding hydrogens is 168 g/mol. The quantitative estimate of drug-likeness (QED) is 0.641. The summed E-state index contributed by atoms with van der Waals surface area (Å²) in [6.07, 6.45) is 0. The van der Waals surface area contributed by atoms with Gasteiger partial charge in [-0.25, -0.2) is 0 Å². The van der Waals surface area contributed by atoms with E-state index in [1.807, 2.05) is 32.8 Å². The second-order valence-corrected chi connectivity index (χ2v) is 3.78. The summed E-state index contributed by atoms with van der Waals surface area (Å²) in [5, 5.41) is 0. The zero-order valence-electron chi connectivity index (χ0n) is 9.13. The molecule has 13 heavy (non-hydrogen) atoms. The highest BCUT2D eigenvalue weighted by atomic mass is 16.5. The third-order valence-electron chi connectivity index (χ3n) is 2.45. The molecule has 0 aromatic rings. The minimum Gasteiger partial charge on any atom is -0.465 e. The number of hydrogen-bond donors (Lipinski definition) is 1. The minimum absolute atomic E-state index is 0.346. The molecule has 4 nitrogen and oxygen atoms in total. The summed E-state index contributed by atoms with van der Waals surface area (Å²) in [6, 6.07) is -0.609. The highest BCUT2D eigenvalue weighted by molar-refractivity contribution is 5.77. The van der Waals surface area contributed by atoms with E-state index in [1.54, 1.807) is 6.92 Å². The first-order chi connectivity index (χ1) is 5.84. The van der Waals surface area contributed by atoms with Crippen molar-refractivity contribution in [2.45, 2.75) is 32.4 Å². The van der Waals surface area contributed by atoms with E-state index in [9.17, 15) is 4.79 Å². The van der Waals surface area contributed by atoms with E-state index in [0.717, 1.165) is 0 Å². The fraction of sp³-hybridized carbons (Fsp3) is 0.889. The van der Waals surface area contributed by atoms with Crippen molar-refractivity contribution in [2.75, 3.05) is 20.7 Å². The molecule has 0 heterocycles. The van der Waals surface area contributed by atoms with Crippen molar-refractivity contribution in [3.05, 3.63) is 0 Å². The van der Waals surface area contributed by atoms with Crippen LogP contribution in [0.15, 0.2) is 0 Å². The zero-order valence-corrected chi connectivity index (χ0v) is 9.13. The van der Waals surface area contributed by atoms with Crippen molar-refractivity contribution >= 4 is 5.97 Å². The van der Waals surface area contributed by atoms with Gasteiger partial charge in [-0.2, -0.15) is 0 Å². The van der Waals surface area contributed by atoms with Gasteiger partial charge in [-0.15, -0.1) is 0 Å². The minimum atomic E-state index is -0.609. The molecule has 0 amide bonds. The Kier molecular flexibility index (Phi) is 4.36. The van der Waals surface area contributed by atoms with E-state index in [1.165, 1.54) is 0 Å². The normalized spacial score (nSPS) is 14.4. The van der Waals surface area contributed by atoms with Crippen LogP contribution in [0.1, 0.15) is 20.8 Å². The van der Waals surface area contributed by atoms with Gasteiger partial charge in [0, 0.05) is 5.54 Å². The Morgan fingerprint density at radius 3 is 2.31 bits per heavy atom. The first-order valence-electron chi connectivity index (χ1n) is 4.43. The zero-order chi connectivity index (χ0) is 10.6. The lowest BCUT2D eigenvalue weighted by Gasteiger charge is -2.36. The molecule has 0 radical (unpaired) electrons. The van der Waals surface area contributed by atoms with Crippen LogP contribution in [0.4, 0.5) is 0 Å². The highest BCUT2D eigenvalue weighted by Crippen LogP contribution is 2.14. The van der Waals surface area contributed by atoms with Gasteiger partial charge >= 0.3 is 5.97 Å². The molecular formula is C9H20N2O2.